The van der Waals surface area contributed by atoms with Crippen LogP contribution in [0.15, 0.2) is 109 Å². The molecule has 0 saturated heterocycles. The summed E-state index contributed by atoms with van der Waals surface area (Å²) in [6.07, 6.45) is 5.50. The number of allylic oxidation sites excluding steroid dienone is 2. The first-order valence-electron chi connectivity index (χ1n) is 12.9. The summed E-state index contributed by atoms with van der Waals surface area (Å²) in [7, 11) is 0. The van der Waals surface area contributed by atoms with Crippen LogP contribution >= 0.6 is 0 Å². The van der Waals surface area contributed by atoms with Crippen molar-refractivity contribution in [2.24, 2.45) is 0 Å². The summed E-state index contributed by atoms with van der Waals surface area (Å²) in [6.45, 7) is 4.63. The molecule has 3 heteroatoms. The van der Waals surface area contributed by atoms with Crippen LogP contribution < -0.4 is 20.4 Å². The van der Waals surface area contributed by atoms with E-state index in [9.17, 15) is 0 Å². The second-order valence-corrected chi connectivity index (χ2v) is 10.0. The van der Waals surface area contributed by atoms with Crippen molar-refractivity contribution in [1.29, 1.82) is 0 Å². The Bertz CT molecular complexity index is 1560. The van der Waals surface area contributed by atoms with E-state index in [0.29, 0.717) is 0 Å². The molecular formula is C33H27BO2. The molecule has 0 fully saturated rings. The third-order valence-electron chi connectivity index (χ3n) is 7.93. The Hall–Kier alpha value is -3.98. The normalized spacial score (nSPS) is 19.1. The third kappa shape index (κ3) is 3.34. The Labute approximate surface area is 213 Å². The fourth-order valence-electron chi connectivity index (χ4n) is 6.13. The van der Waals surface area contributed by atoms with E-state index in [2.05, 4.69) is 117 Å². The summed E-state index contributed by atoms with van der Waals surface area (Å²) >= 11 is 0. The number of ether oxygens (including phenoxy) is 2. The maximum atomic E-state index is 6.60. The largest absolute Gasteiger partial charge is 0.487 e. The minimum Gasteiger partial charge on any atom is -0.487 e. The zero-order chi connectivity index (χ0) is 24.2. The molecule has 2 aliphatic heterocycles. The van der Waals surface area contributed by atoms with Crippen molar-refractivity contribution < 1.29 is 9.47 Å². The van der Waals surface area contributed by atoms with Gasteiger partial charge in [-0.3, -0.25) is 0 Å². The van der Waals surface area contributed by atoms with Crippen molar-refractivity contribution in [2.75, 3.05) is 0 Å². The summed E-state index contributed by atoms with van der Waals surface area (Å²) in [5.74, 6) is 3.04. The number of hydrogen-bond donors (Lipinski definition) is 0. The molecule has 2 atom stereocenters. The lowest BCUT2D eigenvalue weighted by atomic mass is 9.30. The van der Waals surface area contributed by atoms with Crippen molar-refractivity contribution in [1.82, 2.24) is 0 Å². The van der Waals surface area contributed by atoms with E-state index >= 15 is 0 Å². The molecule has 0 amide bonds. The molecule has 7 rings (SSSR count). The number of fused-ring (bicyclic) bond motifs is 4. The van der Waals surface area contributed by atoms with Gasteiger partial charge in [0.2, 0.25) is 6.71 Å². The van der Waals surface area contributed by atoms with Crippen LogP contribution in [0.3, 0.4) is 0 Å². The van der Waals surface area contributed by atoms with Crippen molar-refractivity contribution in [3.63, 3.8) is 0 Å². The molecule has 0 radical (unpaired) electrons. The third-order valence-corrected chi connectivity index (χ3v) is 7.93. The number of benzene rings is 4. The van der Waals surface area contributed by atoms with Crippen LogP contribution in [0.4, 0.5) is 0 Å². The summed E-state index contributed by atoms with van der Waals surface area (Å²) < 4.78 is 13.1. The van der Waals surface area contributed by atoms with E-state index in [-0.39, 0.29) is 18.6 Å². The molecule has 2 heterocycles. The molecule has 3 aliphatic rings. The molecule has 2 unspecified atom stereocenters. The van der Waals surface area contributed by atoms with Gasteiger partial charge in [-0.25, -0.2) is 0 Å². The predicted molar refractivity (Wildman–Crippen MR) is 149 cm³/mol. The smallest absolute Gasteiger partial charge is 0.234 e. The van der Waals surface area contributed by atoms with Crippen LogP contribution in [0.25, 0.3) is 16.7 Å². The van der Waals surface area contributed by atoms with Gasteiger partial charge >= 0.3 is 0 Å². The van der Waals surface area contributed by atoms with E-state index in [4.69, 9.17) is 9.47 Å². The highest BCUT2D eigenvalue weighted by molar-refractivity contribution is 6.88. The number of hydrogen-bond acceptors (Lipinski definition) is 2. The molecule has 4 aromatic carbocycles. The van der Waals surface area contributed by atoms with E-state index in [1.54, 1.807) is 0 Å². The predicted octanol–water partition coefficient (Wildman–Crippen LogP) is 6.34. The molecule has 1 aliphatic carbocycles. The average molecular weight is 466 g/mol. The molecule has 36 heavy (non-hydrogen) atoms. The summed E-state index contributed by atoms with van der Waals surface area (Å²) in [5, 5.41) is 0. The number of rotatable bonds is 3. The Morgan fingerprint density at radius 3 is 2.28 bits per heavy atom. The van der Waals surface area contributed by atoms with Gasteiger partial charge in [-0.1, -0.05) is 79.7 Å². The first-order chi connectivity index (χ1) is 17.7. The second-order valence-electron chi connectivity index (χ2n) is 10.0. The molecule has 4 aromatic rings. The van der Waals surface area contributed by atoms with Gasteiger partial charge in [-0.05, 0) is 88.0 Å². The topological polar surface area (TPSA) is 18.5 Å². The Kier molecular flexibility index (Phi) is 4.92. The van der Waals surface area contributed by atoms with Crippen molar-refractivity contribution in [2.45, 2.75) is 32.2 Å². The van der Waals surface area contributed by atoms with Crippen LogP contribution in [0, 0.1) is 6.92 Å². The Morgan fingerprint density at radius 2 is 1.47 bits per heavy atom. The molecule has 174 valence electrons. The maximum absolute atomic E-state index is 6.60. The fourth-order valence-corrected chi connectivity index (χ4v) is 6.13. The van der Waals surface area contributed by atoms with Crippen molar-refractivity contribution in [3.05, 3.63) is 126 Å². The highest BCUT2D eigenvalue weighted by Crippen LogP contribution is 2.44. The Morgan fingerprint density at radius 1 is 0.750 bits per heavy atom. The van der Waals surface area contributed by atoms with Crippen molar-refractivity contribution >= 4 is 23.2 Å². The zero-order valence-corrected chi connectivity index (χ0v) is 20.6. The lowest BCUT2D eigenvalue weighted by Crippen LogP contribution is -2.58. The van der Waals surface area contributed by atoms with E-state index in [0.717, 1.165) is 29.3 Å². The van der Waals surface area contributed by atoms with Crippen molar-refractivity contribution in [3.8, 4) is 22.6 Å². The first-order valence-corrected chi connectivity index (χ1v) is 12.9. The standard InChI is InChI=1S/C33H27BO2/c1-3-22-15-16-25(17-21(22)2)23-9-8-10-24(18-23)26-19-31-33-32(20-26)36-30-14-7-5-12-28(30)34(33)27-11-4-6-13-29(27)35-31/h4-20,31,33H,3H2,1-2H3. The highest BCUT2D eigenvalue weighted by atomic mass is 16.5. The quantitative estimate of drug-likeness (QED) is 0.328. The van der Waals surface area contributed by atoms with Crippen LogP contribution in [0.1, 0.15) is 23.6 Å². The molecule has 2 nitrogen and oxygen atoms in total. The van der Waals surface area contributed by atoms with Gasteiger partial charge in [0.25, 0.3) is 0 Å². The first kappa shape index (κ1) is 21.3. The van der Waals surface area contributed by atoms with Gasteiger partial charge in [0.15, 0.2) is 0 Å². The molecule has 0 N–H and O–H groups in total. The molecule has 0 saturated carbocycles. The lowest BCUT2D eigenvalue weighted by Gasteiger charge is -2.43. The van der Waals surface area contributed by atoms with Gasteiger partial charge in [0.05, 0.1) is 0 Å². The van der Waals surface area contributed by atoms with Crippen LogP contribution in [0.2, 0.25) is 5.82 Å². The van der Waals surface area contributed by atoms with Crippen LogP contribution in [-0.2, 0) is 6.42 Å². The Balaban J connectivity index is 1.33. The minimum absolute atomic E-state index is 0.0806. The molecular weight excluding hydrogens is 439 g/mol. The monoisotopic (exact) mass is 466 g/mol. The number of aryl methyl sites for hydroxylation is 2. The van der Waals surface area contributed by atoms with Gasteiger partial charge in [-0.2, -0.15) is 0 Å². The minimum atomic E-state index is -0.0806. The zero-order valence-electron chi connectivity index (χ0n) is 20.6. The number of para-hydroxylation sites is 2. The fraction of sp³-hybridized carbons (Fsp3) is 0.152. The molecule has 0 spiro atoms. The van der Waals surface area contributed by atoms with Gasteiger partial charge in [0.1, 0.15) is 23.4 Å². The maximum Gasteiger partial charge on any atom is 0.234 e. The van der Waals surface area contributed by atoms with Gasteiger partial charge < -0.3 is 9.47 Å². The van der Waals surface area contributed by atoms with E-state index < -0.39 is 0 Å². The summed E-state index contributed by atoms with van der Waals surface area (Å²) in [4.78, 5) is 0. The van der Waals surface area contributed by atoms with Crippen LogP contribution in [-0.4, -0.2) is 12.8 Å². The average Bonchev–Trinajstić information content (AvgIpc) is 2.92. The van der Waals surface area contributed by atoms with E-state index in [1.165, 1.54) is 38.7 Å². The SMILES string of the molecule is CCc1ccc(-c2cccc(C3=CC4Oc5ccccc5B5c6ccccc6OC(=C3)C54)c2)cc1C. The highest BCUT2D eigenvalue weighted by Gasteiger charge is 2.49. The van der Waals surface area contributed by atoms with Gasteiger partial charge in [0, 0.05) is 5.82 Å². The van der Waals surface area contributed by atoms with E-state index in [1.807, 2.05) is 0 Å². The molecule has 0 bridgehead atoms. The lowest BCUT2D eigenvalue weighted by molar-refractivity contribution is 0.220. The van der Waals surface area contributed by atoms with Crippen LogP contribution in [0.5, 0.6) is 11.5 Å². The van der Waals surface area contributed by atoms with Gasteiger partial charge in [-0.15, -0.1) is 0 Å². The summed E-state index contributed by atoms with van der Waals surface area (Å²) in [6, 6.07) is 32.5. The second kappa shape index (κ2) is 8.31. The molecule has 0 aromatic heterocycles. The summed E-state index contributed by atoms with van der Waals surface area (Å²) in [5.41, 5.74) is 10.0.